The summed E-state index contributed by atoms with van der Waals surface area (Å²) in [5.74, 6) is 0.786. The fraction of sp³-hybridized carbons (Fsp3) is 0.222. The maximum atomic E-state index is 12.4. The molecule has 2 rings (SSSR count). The van der Waals surface area contributed by atoms with Gasteiger partial charge in [0, 0.05) is 6.54 Å². The molecule has 0 saturated carbocycles. The summed E-state index contributed by atoms with van der Waals surface area (Å²) in [5, 5.41) is 9.03. The Morgan fingerprint density at radius 2 is 1.95 bits per heavy atom. The molecule has 1 aromatic heterocycles. The second-order valence-electron chi connectivity index (χ2n) is 5.05. The Hall–Kier alpha value is -2.80. The maximum Gasteiger partial charge on any atom is 0.269 e. The van der Waals surface area contributed by atoms with Crippen LogP contribution in [0.5, 0.6) is 5.75 Å². The van der Waals surface area contributed by atoms with E-state index in [1.54, 1.807) is 16.7 Å². The Morgan fingerprint density at radius 1 is 1.27 bits per heavy atom. The maximum absolute atomic E-state index is 12.4. The topological polar surface area (TPSA) is 55.0 Å². The molecule has 1 aromatic carbocycles. The molecule has 1 heterocycles. The van der Waals surface area contributed by atoms with E-state index >= 15 is 0 Å². The summed E-state index contributed by atoms with van der Waals surface area (Å²) in [7, 11) is 0. The van der Waals surface area contributed by atoms with Crippen LogP contribution in [0.2, 0.25) is 0 Å². The molecule has 0 bridgehead atoms. The van der Waals surface area contributed by atoms with Gasteiger partial charge in [-0.05, 0) is 55.8 Å². The van der Waals surface area contributed by atoms with Crippen LogP contribution < -0.4 is 10.3 Å². The number of hydrogen-bond donors (Lipinski definition) is 0. The van der Waals surface area contributed by atoms with Crippen LogP contribution in [-0.4, -0.2) is 11.2 Å². The van der Waals surface area contributed by atoms with Crippen LogP contribution in [0.15, 0.2) is 53.3 Å². The molecule has 4 nitrogen and oxygen atoms in total. The number of allylic oxidation sites excluding steroid dienone is 1. The SMILES string of the molecule is C=C(C)Cn1c(-c2ccc(OCC)cc2)ccc(C#N)c1=O. The summed E-state index contributed by atoms with van der Waals surface area (Å²) in [6.07, 6.45) is 0. The average Bonchev–Trinajstić information content (AvgIpc) is 2.50. The quantitative estimate of drug-likeness (QED) is 0.794. The van der Waals surface area contributed by atoms with Crippen molar-refractivity contribution in [3.8, 4) is 23.1 Å². The van der Waals surface area contributed by atoms with Crippen LogP contribution in [0.4, 0.5) is 0 Å². The summed E-state index contributed by atoms with van der Waals surface area (Å²) < 4.78 is 7.01. The summed E-state index contributed by atoms with van der Waals surface area (Å²) in [6.45, 7) is 8.64. The van der Waals surface area contributed by atoms with Crippen molar-refractivity contribution in [3.05, 3.63) is 64.5 Å². The van der Waals surface area contributed by atoms with Gasteiger partial charge in [-0.1, -0.05) is 12.2 Å². The summed E-state index contributed by atoms with van der Waals surface area (Å²) in [4.78, 5) is 12.4. The molecule has 0 saturated heterocycles. The molecule has 0 aliphatic rings. The van der Waals surface area contributed by atoms with Crippen molar-refractivity contribution in [2.45, 2.75) is 20.4 Å². The number of pyridine rings is 1. The van der Waals surface area contributed by atoms with Gasteiger partial charge in [0.05, 0.1) is 12.3 Å². The number of nitrogens with zero attached hydrogens (tertiary/aromatic N) is 2. The first-order chi connectivity index (χ1) is 10.6. The zero-order valence-electron chi connectivity index (χ0n) is 12.8. The standard InChI is InChI=1S/C18H18N2O2/c1-4-22-16-8-5-14(6-9-16)17-10-7-15(11-19)18(21)20(17)12-13(2)3/h5-10H,2,4,12H2,1,3H3. The highest BCUT2D eigenvalue weighted by Crippen LogP contribution is 2.22. The lowest BCUT2D eigenvalue weighted by Crippen LogP contribution is -2.24. The predicted molar refractivity (Wildman–Crippen MR) is 86.8 cm³/mol. The van der Waals surface area contributed by atoms with Crippen molar-refractivity contribution in [2.75, 3.05) is 6.61 Å². The molecule has 2 aromatic rings. The Morgan fingerprint density at radius 3 is 2.50 bits per heavy atom. The monoisotopic (exact) mass is 294 g/mol. The molecule has 22 heavy (non-hydrogen) atoms. The number of nitriles is 1. The van der Waals surface area contributed by atoms with Crippen molar-refractivity contribution in [1.29, 1.82) is 5.26 Å². The Kier molecular flexibility index (Phi) is 4.80. The van der Waals surface area contributed by atoms with Crippen molar-refractivity contribution in [1.82, 2.24) is 4.57 Å². The van der Waals surface area contributed by atoms with Gasteiger partial charge in [0.1, 0.15) is 17.4 Å². The minimum Gasteiger partial charge on any atom is -0.494 e. The van der Waals surface area contributed by atoms with Gasteiger partial charge in [-0.2, -0.15) is 5.26 Å². The number of hydrogen-bond acceptors (Lipinski definition) is 3. The van der Waals surface area contributed by atoms with Gasteiger partial charge in [0.15, 0.2) is 0 Å². The van der Waals surface area contributed by atoms with Gasteiger partial charge < -0.3 is 9.30 Å². The minimum absolute atomic E-state index is 0.135. The molecule has 4 heteroatoms. The number of ether oxygens (including phenoxy) is 1. The predicted octanol–water partition coefficient (Wildman–Crippen LogP) is 3.36. The van der Waals surface area contributed by atoms with Crippen molar-refractivity contribution < 1.29 is 4.74 Å². The highest BCUT2D eigenvalue weighted by molar-refractivity contribution is 5.61. The first kappa shape index (κ1) is 15.6. The fourth-order valence-corrected chi connectivity index (χ4v) is 2.23. The highest BCUT2D eigenvalue weighted by atomic mass is 16.5. The lowest BCUT2D eigenvalue weighted by Gasteiger charge is -2.14. The fourth-order valence-electron chi connectivity index (χ4n) is 2.23. The zero-order valence-corrected chi connectivity index (χ0v) is 12.8. The number of benzene rings is 1. The summed E-state index contributed by atoms with van der Waals surface area (Å²) >= 11 is 0. The van der Waals surface area contributed by atoms with Crippen molar-refractivity contribution in [3.63, 3.8) is 0 Å². The number of rotatable bonds is 5. The van der Waals surface area contributed by atoms with Crippen LogP contribution in [0.1, 0.15) is 19.4 Å². The Labute approximate surface area is 129 Å². The Balaban J connectivity index is 2.54. The molecule has 0 spiro atoms. The van der Waals surface area contributed by atoms with Crippen molar-refractivity contribution in [2.24, 2.45) is 0 Å². The summed E-state index contributed by atoms with van der Waals surface area (Å²) in [5.41, 5.74) is 2.35. The van der Waals surface area contributed by atoms with Gasteiger partial charge in [-0.3, -0.25) is 4.79 Å². The van der Waals surface area contributed by atoms with Crippen LogP contribution >= 0.6 is 0 Å². The molecule has 0 radical (unpaired) electrons. The van der Waals surface area contributed by atoms with E-state index in [1.807, 2.05) is 44.2 Å². The van der Waals surface area contributed by atoms with Gasteiger partial charge in [0.2, 0.25) is 0 Å². The molecule has 0 unspecified atom stereocenters. The zero-order chi connectivity index (χ0) is 16.1. The van der Waals surface area contributed by atoms with E-state index in [9.17, 15) is 4.79 Å². The molecular formula is C18H18N2O2. The normalized spacial score (nSPS) is 10.0. The molecule has 0 N–H and O–H groups in total. The summed E-state index contributed by atoms with van der Waals surface area (Å²) in [6, 6.07) is 12.8. The third kappa shape index (κ3) is 3.26. The smallest absolute Gasteiger partial charge is 0.269 e. The molecule has 0 aliphatic carbocycles. The second-order valence-corrected chi connectivity index (χ2v) is 5.05. The molecule has 0 atom stereocenters. The van der Waals surface area contributed by atoms with Crippen LogP contribution in [-0.2, 0) is 6.54 Å². The lowest BCUT2D eigenvalue weighted by molar-refractivity contribution is 0.340. The average molecular weight is 294 g/mol. The van der Waals surface area contributed by atoms with E-state index in [0.29, 0.717) is 13.2 Å². The van der Waals surface area contributed by atoms with Gasteiger partial charge >= 0.3 is 0 Å². The first-order valence-electron chi connectivity index (χ1n) is 7.08. The van der Waals surface area contributed by atoms with E-state index < -0.39 is 0 Å². The van der Waals surface area contributed by atoms with Crippen LogP contribution in [0.3, 0.4) is 0 Å². The molecule has 0 fully saturated rings. The van der Waals surface area contributed by atoms with Gasteiger partial charge in [0.25, 0.3) is 5.56 Å². The van der Waals surface area contributed by atoms with E-state index in [-0.39, 0.29) is 11.1 Å². The molecular weight excluding hydrogens is 276 g/mol. The third-order valence-corrected chi connectivity index (χ3v) is 3.18. The highest BCUT2D eigenvalue weighted by Gasteiger charge is 2.10. The van der Waals surface area contributed by atoms with Crippen LogP contribution in [0, 0.1) is 11.3 Å². The van der Waals surface area contributed by atoms with E-state index in [0.717, 1.165) is 22.6 Å². The molecule has 0 aliphatic heterocycles. The molecule has 112 valence electrons. The minimum atomic E-state index is -0.295. The van der Waals surface area contributed by atoms with E-state index in [4.69, 9.17) is 10.00 Å². The van der Waals surface area contributed by atoms with Gasteiger partial charge in [-0.25, -0.2) is 0 Å². The third-order valence-electron chi connectivity index (χ3n) is 3.18. The van der Waals surface area contributed by atoms with E-state index in [1.165, 1.54) is 0 Å². The van der Waals surface area contributed by atoms with Crippen LogP contribution in [0.25, 0.3) is 11.3 Å². The van der Waals surface area contributed by atoms with E-state index in [2.05, 4.69) is 6.58 Å². The lowest BCUT2D eigenvalue weighted by atomic mass is 10.1. The van der Waals surface area contributed by atoms with Gasteiger partial charge in [-0.15, -0.1) is 0 Å². The molecule has 0 amide bonds. The number of aromatic nitrogens is 1. The second kappa shape index (κ2) is 6.77. The Bertz CT molecular complexity index is 780. The largest absolute Gasteiger partial charge is 0.494 e. The first-order valence-corrected chi connectivity index (χ1v) is 7.08. The van der Waals surface area contributed by atoms with Crippen molar-refractivity contribution >= 4 is 0 Å².